The van der Waals surface area contributed by atoms with E-state index in [2.05, 4.69) is 20.1 Å². The Labute approximate surface area is 157 Å². The summed E-state index contributed by atoms with van der Waals surface area (Å²) < 4.78 is 40.9. The van der Waals surface area contributed by atoms with E-state index in [9.17, 15) is 13.2 Å². The van der Waals surface area contributed by atoms with E-state index in [0.717, 1.165) is 25.1 Å². The first-order valence-electron chi connectivity index (χ1n) is 8.64. The molecule has 5 rings (SSSR count). The zero-order valence-electron chi connectivity index (χ0n) is 14.1. The van der Waals surface area contributed by atoms with Gasteiger partial charge in [-0.05, 0) is 25.0 Å². The van der Waals surface area contributed by atoms with Crippen LogP contribution in [0, 0.1) is 17.5 Å². The Hall–Kier alpha value is -2.48. The quantitative estimate of drug-likeness (QED) is 0.717. The van der Waals surface area contributed by atoms with Crippen LogP contribution in [0.25, 0.3) is 10.9 Å². The number of benzene rings is 1. The van der Waals surface area contributed by atoms with Crippen LogP contribution in [0.15, 0.2) is 24.4 Å². The second-order valence-corrected chi connectivity index (χ2v) is 7.52. The van der Waals surface area contributed by atoms with Crippen LogP contribution < -0.4 is 9.80 Å². The number of rotatable bonds is 2. The average molecular weight is 394 g/mol. The first kappa shape index (κ1) is 16.7. The van der Waals surface area contributed by atoms with E-state index in [-0.39, 0.29) is 11.4 Å². The average Bonchev–Trinajstić information content (AvgIpc) is 3.23. The lowest BCUT2D eigenvalue weighted by atomic mass is 10.1. The van der Waals surface area contributed by atoms with Gasteiger partial charge in [0.25, 0.3) is 0 Å². The third-order valence-electron chi connectivity index (χ3n) is 5.38. The van der Waals surface area contributed by atoms with Gasteiger partial charge in [-0.3, -0.25) is 5.10 Å². The molecule has 1 spiro atoms. The largest absolute Gasteiger partial charge is 0.350 e. The number of piperazine rings is 1. The molecule has 0 bridgehead atoms. The third kappa shape index (κ3) is 2.62. The number of nitrogens with one attached hydrogen (secondary N) is 1. The Morgan fingerprint density at radius 2 is 1.85 bits per heavy atom. The number of aromatic nitrogens is 3. The topological polar surface area (TPSA) is 48.1 Å². The first-order valence-corrected chi connectivity index (χ1v) is 9.01. The summed E-state index contributed by atoms with van der Waals surface area (Å²) >= 11 is 6.27. The Morgan fingerprint density at radius 1 is 1.04 bits per heavy atom. The molecule has 3 heterocycles. The number of pyridine rings is 1. The second-order valence-electron chi connectivity index (χ2n) is 7.11. The molecule has 0 radical (unpaired) electrons. The maximum absolute atomic E-state index is 14.1. The van der Waals surface area contributed by atoms with Crippen molar-refractivity contribution in [1.29, 1.82) is 0 Å². The molecule has 1 aliphatic heterocycles. The van der Waals surface area contributed by atoms with Crippen LogP contribution in [0.3, 0.4) is 0 Å². The number of halogens is 4. The summed E-state index contributed by atoms with van der Waals surface area (Å²) in [5, 5.41) is 8.21. The minimum absolute atomic E-state index is 0.161. The summed E-state index contributed by atoms with van der Waals surface area (Å²) in [5.74, 6) is -0.940. The van der Waals surface area contributed by atoms with Gasteiger partial charge in [0.15, 0.2) is 17.5 Å². The van der Waals surface area contributed by atoms with Gasteiger partial charge in [0.2, 0.25) is 0 Å². The van der Waals surface area contributed by atoms with Crippen LogP contribution in [-0.2, 0) is 0 Å². The zero-order chi connectivity index (χ0) is 18.8. The molecule has 1 aromatic carbocycles. The lowest BCUT2D eigenvalue weighted by Gasteiger charge is -2.43. The number of H-pyrrole nitrogens is 1. The van der Waals surface area contributed by atoms with Crippen molar-refractivity contribution in [3.8, 4) is 0 Å². The van der Waals surface area contributed by atoms with Crippen molar-refractivity contribution < 1.29 is 13.2 Å². The standard InChI is InChI=1S/C18H15ClF3N5/c19-12-5-10(20)7-14-15(12)17(25-24-14)27-4-3-26(9-18(27)1-2-18)16-13(22)6-11(21)8-23-16/h5-8H,1-4,9H2,(H,24,25). The number of hydrogen-bond acceptors (Lipinski definition) is 4. The second kappa shape index (κ2) is 5.76. The van der Waals surface area contributed by atoms with Crippen molar-refractivity contribution >= 4 is 34.1 Å². The molecule has 2 fully saturated rings. The van der Waals surface area contributed by atoms with Crippen molar-refractivity contribution in [2.24, 2.45) is 0 Å². The van der Waals surface area contributed by atoms with Crippen LogP contribution in [-0.4, -0.2) is 40.4 Å². The summed E-state index contributed by atoms with van der Waals surface area (Å²) in [7, 11) is 0. The minimum Gasteiger partial charge on any atom is -0.350 e. The smallest absolute Gasteiger partial charge is 0.168 e. The van der Waals surface area contributed by atoms with Crippen molar-refractivity contribution in [2.45, 2.75) is 18.4 Å². The van der Waals surface area contributed by atoms with Gasteiger partial charge < -0.3 is 9.80 Å². The maximum atomic E-state index is 14.1. The highest BCUT2D eigenvalue weighted by molar-refractivity contribution is 6.36. The Bertz CT molecular complexity index is 1050. The lowest BCUT2D eigenvalue weighted by Crippen LogP contribution is -2.56. The molecular formula is C18H15ClF3N5. The van der Waals surface area contributed by atoms with Gasteiger partial charge in [-0.15, -0.1) is 0 Å². The molecule has 140 valence electrons. The van der Waals surface area contributed by atoms with Gasteiger partial charge in [0.05, 0.1) is 27.7 Å². The van der Waals surface area contributed by atoms with E-state index >= 15 is 0 Å². The fourth-order valence-corrected chi connectivity index (χ4v) is 4.25. The molecule has 2 aliphatic rings. The monoisotopic (exact) mass is 393 g/mol. The van der Waals surface area contributed by atoms with Crippen molar-refractivity contribution in [3.63, 3.8) is 0 Å². The van der Waals surface area contributed by atoms with E-state index in [1.807, 2.05) is 4.90 Å². The fraction of sp³-hybridized carbons (Fsp3) is 0.333. The third-order valence-corrected chi connectivity index (χ3v) is 5.68. The van der Waals surface area contributed by atoms with Gasteiger partial charge in [-0.1, -0.05) is 11.6 Å². The van der Waals surface area contributed by atoms with E-state index < -0.39 is 17.5 Å². The van der Waals surface area contributed by atoms with E-state index in [1.54, 1.807) is 0 Å². The van der Waals surface area contributed by atoms with Crippen LogP contribution in [0.4, 0.5) is 24.8 Å². The molecule has 1 saturated carbocycles. The van der Waals surface area contributed by atoms with Crippen molar-refractivity contribution in [3.05, 3.63) is 46.9 Å². The summed E-state index contributed by atoms with van der Waals surface area (Å²) in [6.45, 7) is 1.63. The summed E-state index contributed by atoms with van der Waals surface area (Å²) in [4.78, 5) is 7.93. The number of nitrogens with zero attached hydrogens (tertiary/aromatic N) is 4. The Balaban J connectivity index is 1.49. The zero-order valence-corrected chi connectivity index (χ0v) is 14.9. The van der Waals surface area contributed by atoms with Gasteiger partial charge >= 0.3 is 0 Å². The fourth-order valence-electron chi connectivity index (χ4n) is 3.95. The predicted molar refractivity (Wildman–Crippen MR) is 96.7 cm³/mol. The highest BCUT2D eigenvalue weighted by atomic mass is 35.5. The normalized spacial score (nSPS) is 18.5. The number of fused-ring (bicyclic) bond motifs is 1. The van der Waals surface area contributed by atoms with Gasteiger partial charge in [0, 0.05) is 25.7 Å². The van der Waals surface area contributed by atoms with E-state index in [0.29, 0.717) is 41.4 Å². The molecule has 0 unspecified atom stereocenters. The molecular weight excluding hydrogens is 379 g/mol. The molecule has 9 heteroatoms. The minimum atomic E-state index is -0.694. The van der Waals surface area contributed by atoms with E-state index in [4.69, 9.17) is 11.6 Å². The molecule has 0 atom stereocenters. The summed E-state index contributed by atoms with van der Waals surface area (Å²) in [6.07, 6.45) is 2.86. The van der Waals surface area contributed by atoms with Gasteiger partial charge in [-0.2, -0.15) is 5.10 Å². The number of aromatic amines is 1. The number of hydrogen-bond donors (Lipinski definition) is 1. The maximum Gasteiger partial charge on any atom is 0.168 e. The Morgan fingerprint density at radius 3 is 2.59 bits per heavy atom. The van der Waals surface area contributed by atoms with Crippen LogP contribution in [0.2, 0.25) is 5.02 Å². The highest BCUT2D eigenvalue weighted by Crippen LogP contribution is 2.48. The molecule has 5 nitrogen and oxygen atoms in total. The summed E-state index contributed by atoms with van der Waals surface area (Å²) in [5.41, 5.74) is 0.333. The SMILES string of the molecule is Fc1cnc(N2CCN(c3n[nH]c4cc(F)cc(Cl)c34)C3(CC3)C2)c(F)c1. The van der Waals surface area contributed by atoms with Crippen molar-refractivity contribution in [1.82, 2.24) is 15.2 Å². The van der Waals surface area contributed by atoms with Crippen LogP contribution in [0.1, 0.15) is 12.8 Å². The first-order chi connectivity index (χ1) is 13.0. The molecule has 0 amide bonds. The molecule has 27 heavy (non-hydrogen) atoms. The van der Waals surface area contributed by atoms with Crippen LogP contribution >= 0.6 is 11.6 Å². The highest BCUT2D eigenvalue weighted by Gasteiger charge is 2.53. The van der Waals surface area contributed by atoms with Gasteiger partial charge in [-0.25, -0.2) is 18.2 Å². The molecule has 1 saturated heterocycles. The van der Waals surface area contributed by atoms with Gasteiger partial charge in [0.1, 0.15) is 11.6 Å². The molecule has 2 aromatic heterocycles. The summed E-state index contributed by atoms with van der Waals surface area (Å²) in [6, 6.07) is 3.49. The molecule has 3 aromatic rings. The molecule has 1 aliphatic carbocycles. The van der Waals surface area contributed by atoms with Crippen molar-refractivity contribution in [2.75, 3.05) is 29.4 Å². The number of anilines is 2. The predicted octanol–water partition coefficient (Wildman–Crippen LogP) is 3.89. The lowest BCUT2D eigenvalue weighted by molar-refractivity contribution is 0.490. The van der Waals surface area contributed by atoms with E-state index in [1.165, 1.54) is 12.1 Å². The van der Waals surface area contributed by atoms with Crippen LogP contribution in [0.5, 0.6) is 0 Å². The molecule has 1 N–H and O–H groups in total. The Kier molecular flexibility index (Phi) is 3.56.